The lowest BCUT2D eigenvalue weighted by Crippen LogP contribution is -3.00. The highest BCUT2D eigenvalue weighted by molar-refractivity contribution is 7.99. The minimum atomic E-state index is -1.27. The zero-order valence-electron chi connectivity index (χ0n) is 14.3. The predicted octanol–water partition coefficient (Wildman–Crippen LogP) is -3.21. The van der Waals surface area contributed by atoms with E-state index in [9.17, 15) is 15.3 Å². The van der Waals surface area contributed by atoms with Gasteiger partial charge in [-0.1, -0.05) is 6.42 Å². The quantitative estimate of drug-likeness (QED) is 0.163. The van der Waals surface area contributed by atoms with E-state index in [0.717, 1.165) is 23.1 Å². The fourth-order valence-electron chi connectivity index (χ4n) is 2.45. The van der Waals surface area contributed by atoms with Gasteiger partial charge >= 0.3 is 0 Å². The van der Waals surface area contributed by atoms with Gasteiger partial charge in [0.15, 0.2) is 0 Å². The van der Waals surface area contributed by atoms with Crippen LogP contribution in [0.15, 0.2) is 0 Å². The summed E-state index contributed by atoms with van der Waals surface area (Å²) in [6.45, 7) is 0.799. The van der Waals surface area contributed by atoms with Crippen molar-refractivity contribution < 1.29 is 53.6 Å². The Balaban J connectivity index is 0.00000484. The second kappa shape index (κ2) is 11.5. The maximum Gasteiger partial charge on any atom is 0.132 e. The lowest BCUT2D eigenvalue weighted by atomic mass is 10.0. The van der Waals surface area contributed by atoms with E-state index in [1.165, 1.54) is 31.1 Å². The average molecular weight is 465 g/mol. The Labute approximate surface area is 160 Å². The minimum absolute atomic E-state index is 0. The molecule has 0 bridgehead atoms. The molecule has 0 aromatic carbocycles. The van der Waals surface area contributed by atoms with Gasteiger partial charge in [-0.15, -0.1) is 11.8 Å². The van der Waals surface area contributed by atoms with E-state index < -0.39 is 29.9 Å². The first-order valence-corrected chi connectivity index (χ1v) is 9.03. The van der Waals surface area contributed by atoms with Crippen molar-refractivity contribution in [3.8, 4) is 0 Å². The standard InChI is InChI=1S/C15H32NO5S.HI/c1-16(2,3)8-6-4-5-7-9-22-15-14(20)13(19)12(18)11(10-17)21-15;/h11-15,17-20H,4-10H2,1-3H3;1H/q+1;/p-1/t11-,12-,13+,14+,15-;/m1./s1. The van der Waals surface area contributed by atoms with Gasteiger partial charge in [-0.3, -0.25) is 0 Å². The topological polar surface area (TPSA) is 90.2 Å². The largest absolute Gasteiger partial charge is 1.00 e. The predicted molar refractivity (Wildman–Crippen MR) is 87.6 cm³/mol. The van der Waals surface area contributed by atoms with Crippen molar-refractivity contribution in [2.75, 3.05) is 40.0 Å². The monoisotopic (exact) mass is 465 g/mol. The van der Waals surface area contributed by atoms with Crippen molar-refractivity contribution in [1.82, 2.24) is 0 Å². The van der Waals surface area contributed by atoms with Crippen molar-refractivity contribution in [1.29, 1.82) is 0 Å². The first-order valence-electron chi connectivity index (χ1n) is 7.99. The van der Waals surface area contributed by atoms with Crippen LogP contribution in [0.4, 0.5) is 0 Å². The number of thioether (sulfide) groups is 1. The highest BCUT2D eigenvalue weighted by atomic mass is 127. The zero-order valence-corrected chi connectivity index (χ0v) is 17.2. The lowest BCUT2D eigenvalue weighted by molar-refractivity contribution is -0.870. The van der Waals surface area contributed by atoms with Gasteiger partial charge in [0.1, 0.15) is 29.9 Å². The number of hydrogen-bond acceptors (Lipinski definition) is 6. The third-order valence-electron chi connectivity index (χ3n) is 3.85. The third-order valence-corrected chi connectivity index (χ3v) is 5.10. The number of unbranched alkanes of at least 4 members (excludes halogenated alkanes) is 3. The molecule has 0 radical (unpaired) electrons. The number of ether oxygens (including phenoxy) is 1. The van der Waals surface area contributed by atoms with Gasteiger partial charge in [-0.2, -0.15) is 0 Å². The summed E-state index contributed by atoms with van der Waals surface area (Å²) in [5.41, 5.74) is -0.596. The summed E-state index contributed by atoms with van der Waals surface area (Å²) in [4.78, 5) is 0. The second-order valence-electron chi connectivity index (χ2n) is 7.00. The number of nitrogens with zero attached hydrogens (tertiary/aromatic N) is 1. The third kappa shape index (κ3) is 8.66. The van der Waals surface area contributed by atoms with E-state index in [1.807, 2.05) is 0 Å². The van der Waals surface area contributed by atoms with Gasteiger partial charge in [0.05, 0.1) is 34.3 Å². The summed E-state index contributed by atoms with van der Waals surface area (Å²) in [7, 11) is 6.57. The highest BCUT2D eigenvalue weighted by Gasteiger charge is 2.43. The summed E-state index contributed by atoms with van der Waals surface area (Å²) >= 11 is 1.44. The molecule has 1 fully saturated rings. The minimum Gasteiger partial charge on any atom is -1.00 e. The van der Waals surface area contributed by atoms with Crippen LogP contribution in [0.2, 0.25) is 0 Å². The molecule has 8 heteroatoms. The molecule has 1 aliphatic rings. The molecule has 1 heterocycles. The fraction of sp³-hybridized carbons (Fsp3) is 1.00. The normalized spacial score (nSPS) is 31.7. The number of aliphatic hydroxyl groups is 4. The fourth-order valence-corrected chi connectivity index (χ4v) is 3.63. The van der Waals surface area contributed by atoms with Crippen molar-refractivity contribution in [2.45, 2.75) is 55.5 Å². The van der Waals surface area contributed by atoms with Crippen LogP contribution in [0.3, 0.4) is 0 Å². The molecule has 0 aliphatic carbocycles. The Morgan fingerprint density at radius 1 is 0.913 bits per heavy atom. The summed E-state index contributed by atoms with van der Waals surface area (Å²) in [6.07, 6.45) is 0.0713. The van der Waals surface area contributed by atoms with Crippen molar-refractivity contribution >= 4 is 11.8 Å². The van der Waals surface area contributed by atoms with Crippen LogP contribution in [0.1, 0.15) is 25.7 Å². The maximum absolute atomic E-state index is 9.91. The Morgan fingerprint density at radius 3 is 2.09 bits per heavy atom. The van der Waals surface area contributed by atoms with Crippen LogP contribution in [-0.2, 0) is 4.74 Å². The molecular formula is C15H32INO5S. The van der Waals surface area contributed by atoms with Crippen LogP contribution in [-0.4, -0.2) is 94.8 Å². The van der Waals surface area contributed by atoms with Crippen LogP contribution in [0.5, 0.6) is 0 Å². The molecular weight excluding hydrogens is 433 g/mol. The van der Waals surface area contributed by atoms with E-state index >= 15 is 0 Å². The van der Waals surface area contributed by atoms with Crippen LogP contribution in [0, 0.1) is 0 Å². The van der Waals surface area contributed by atoms with E-state index in [2.05, 4.69) is 21.1 Å². The smallest absolute Gasteiger partial charge is 0.132 e. The molecule has 0 unspecified atom stereocenters. The van der Waals surface area contributed by atoms with E-state index in [1.54, 1.807) is 0 Å². The SMILES string of the molecule is C[N+](C)(C)CCCCCCS[C@H]1O[C@H](CO)[C@@H](O)[C@H](O)[C@@H]1O.[I-]. The molecule has 1 saturated heterocycles. The Bertz CT molecular complexity index is 317. The number of hydrogen-bond donors (Lipinski definition) is 4. The van der Waals surface area contributed by atoms with E-state index in [4.69, 9.17) is 9.84 Å². The summed E-state index contributed by atoms with van der Waals surface area (Å²) in [6, 6.07) is 0. The Hall–Kier alpha value is 0.840. The molecule has 23 heavy (non-hydrogen) atoms. The summed E-state index contributed by atoms with van der Waals surface area (Å²) in [5.74, 6) is 0.826. The van der Waals surface area contributed by atoms with Gasteiger partial charge in [0, 0.05) is 0 Å². The molecule has 0 aromatic rings. The Kier molecular flexibility index (Phi) is 11.9. The number of halogens is 1. The molecule has 1 aliphatic heterocycles. The molecule has 0 saturated carbocycles. The first kappa shape index (κ1) is 23.8. The molecule has 5 atom stereocenters. The number of quaternary nitrogens is 1. The molecule has 0 spiro atoms. The molecule has 0 amide bonds. The molecule has 1 rings (SSSR count). The van der Waals surface area contributed by atoms with Crippen molar-refractivity contribution in [3.63, 3.8) is 0 Å². The molecule has 140 valence electrons. The zero-order chi connectivity index (χ0) is 16.8. The van der Waals surface area contributed by atoms with Crippen LogP contribution in [0.25, 0.3) is 0 Å². The average Bonchev–Trinajstić information content (AvgIpc) is 2.45. The van der Waals surface area contributed by atoms with E-state index in [-0.39, 0.29) is 30.6 Å². The highest BCUT2D eigenvalue weighted by Crippen LogP contribution is 2.29. The van der Waals surface area contributed by atoms with Gasteiger partial charge in [0.25, 0.3) is 0 Å². The van der Waals surface area contributed by atoms with Gasteiger partial charge in [0.2, 0.25) is 0 Å². The van der Waals surface area contributed by atoms with Crippen molar-refractivity contribution in [2.24, 2.45) is 0 Å². The molecule has 6 nitrogen and oxygen atoms in total. The number of rotatable bonds is 9. The van der Waals surface area contributed by atoms with Crippen LogP contribution < -0.4 is 24.0 Å². The number of aliphatic hydroxyl groups excluding tert-OH is 4. The van der Waals surface area contributed by atoms with E-state index in [0.29, 0.717) is 0 Å². The van der Waals surface area contributed by atoms with Gasteiger partial charge in [-0.25, -0.2) is 0 Å². The maximum atomic E-state index is 9.91. The van der Waals surface area contributed by atoms with Gasteiger partial charge < -0.3 is 53.6 Å². The Morgan fingerprint density at radius 2 is 1.52 bits per heavy atom. The summed E-state index contributed by atoms with van der Waals surface area (Å²) in [5, 5.41) is 38.5. The van der Waals surface area contributed by atoms with Crippen molar-refractivity contribution in [3.05, 3.63) is 0 Å². The van der Waals surface area contributed by atoms with Crippen LogP contribution >= 0.6 is 11.8 Å². The molecule has 4 N–H and O–H groups in total. The first-order chi connectivity index (χ1) is 10.3. The summed E-state index contributed by atoms with van der Waals surface area (Å²) < 4.78 is 6.44. The lowest BCUT2D eigenvalue weighted by Gasteiger charge is -2.39. The second-order valence-corrected chi connectivity index (χ2v) is 8.20. The molecule has 0 aromatic heterocycles. The van der Waals surface area contributed by atoms with Gasteiger partial charge in [-0.05, 0) is 25.0 Å².